The molecule has 2 saturated heterocycles. The maximum atomic E-state index is 5.64. The minimum atomic E-state index is 0.0136. The molecule has 0 aromatic carbocycles. The number of ether oxygens (including phenoxy) is 1. The number of nitrogens with one attached hydrogen (secondary N) is 1. The molecule has 2 fully saturated rings. The SMILES string of the molecule is CC(C)(C)c1nsc(NCC2(N3CCCCC3)CCOCC2)n1. The molecule has 0 atom stereocenters. The van der Waals surface area contributed by atoms with E-state index in [0.717, 1.165) is 43.6 Å². The van der Waals surface area contributed by atoms with Crippen molar-refractivity contribution in [3.8, 4) is 0 Å². The molecule has 5 nitrogen and oxygen atoms in total. The number of piperidine rings is 1. The minimum absolute atomic E-state index is 0.0136. The zero-order valence-electron chi connectivity index (χ0n) is 14.7. The average Bonchev–Trinajstić information content (AvgIpc) is 3.04. The smallest absolute Gasteiger partial charge is 0.202 e. The Balaban J connectivity index is 1.67. The summed E-state index contributed by atoms with van der Waals surface area (Å²) in [6.45, 7) is 11.6. The summed E-state index contributed by atoms with van der Waals surface area (Å²) >= 11 is 1.49. The largest absolute Gasteiger partial charge is 0.381 e. The second kappa shape index (κ2) is 7.03. The van der Waals surface area contributed by atoms with Crippen LogP contribution in [0.25, 0.3) is 0 Å². The number of aromatic nitrogens is 2. The molecule has 1 aromatic heterocycles. The van der Waals surface area contributed by atoms with Crippen molar-refractivity contribution >= 4 is 16.7 Å². The highest BCUT2D eigenvalue weighted by Crippen LogP contribution is 2.32. The summed E-state index contributed by atoms with van der Waals surface area (Å²) in [6.07, 6.45) is 6.27. The van der Waals surface area contributed by atoms with Crippen LogP contribution in [-0.2, 0) is 10.2 Å². The normalized spacial score (nSPS) is 22.9. The third kappa shape index (κ3) is 4.03. The third-order valence-electron chi connectivity index (χ3n) is 5.12. The maximum absolute atomic E-state index is 5.64. The van der Waals surface area contributed by atoms with E-state index < -0.39 is 0 Å². The van der Waals surface area contributed by atoms with E-state index in [1.807, 2.05) is 0 Å². The van der Waals surface area contributed by atoms with Crippen LogP contribution >= 0.6 is 11.5 Å². The van der Waals surface area contributed by atoms with E-state index in [-0.39, 0.29) is 11.0 Å². The van der Waals surface area contributed by atoms with Crippen LogP contribution in [0.2, 0.25) is 0 Å². The monoisotopic (exact) mass is 338 g/mol. The molecule has 0 saturated carbocycles. The number of anilines is 1. The molecule has 0 spiro atoms. The summed E-state index contributed by atoms with van der Waals surface area (Å²) in [6, 6.07) is 0. The summed E-state index contributed by atoms with van der Waals surface area (Å²) in [7, 11) is 0. The van der Waals surface area contributed by atoms with E-state index in [2.05, 4.69) is 40.3 Å². The first-order valence-corrected chi connectivity index (χ1v) is 9.68. The molecular weight excluding hydrogens is 308 g/mol. The molecule has 3 heterocycles. The van der Waals surface area contributed by atoms with Crippen molar-refractivity contribution in [3.05, 3.63) is 5.82 Å². The van der Waals surface area contributed by atoms with Gasteiger partial charge in [-0.15, -0.1) is 0 Å². The summed E-state index contributed by atoms with van der Waals surface area (Å²) in [5, 5.41) is 4.55. The lowest BCUT2D eigenvalue weighted by Crippen LogP contribution is -2.57. The number of likely N-dealkylation sites (tertiary alicyclic amines) is 1. The Morgan fingerprint density at radius 2 is 1.87 bits per heavy atom. The van der Waals surface area contributed by atoms with Crippen LogP contribution in [-0.4, -0.2) is 52.6 Å². The summed E-state index contributed by atoms with van der Waals surface area (Å²) in [5.74, 6) is 0.934. The molecule has 1 N–H and O–H groups in total. The second-order valence-corrected chi connectivity index (χ2v) is 8.66. The van der Waals surface area contributed by atoms with Gasteiger partial charge in [0, 0.05) is 42.2 Å². The van der Waals surface area contributed by atoms with Gasteiger partial charge in [0.05, 0.1) is 0 Å². The first-order chi connectivity index (χ1) is 11.0. The molecule has 0 bridgehead atoms. The number of nitrogens with zero attached hydrogens (tertiary/aromatic N) is 3. The Kier molecular flexibility index (Phi) is 5.23. The van der Waals surface area contributed by atoms with Gasteiger partial charge in [0.1, 0.15) is 5.82 Å². The molecular formula is C17H30N4OS. The zero-order valence-corrected chi connectivity index (χ0v) is 15.5. The van der Waals surface area contributed by atoms with Crippen LogP contribution in [0.1, 0.15) is 58.7 Å². The molecule has 0 radical (unpaired) electrons. The summed E-state index contributed by atoms with van der Waals surface area (Å²) < 4.78 is 10.2. The van der Waals surface area contributed by atoms with Gasteiger partial charge in [0.15, 0.2) is 0 Å². The van der Waals surface area contributed by atoms with Gasteiger partial charge in [-0.05, 0) is 38.8 Å². The fraction of sp³-hybridized carbons (Fsp3) is 0.882. The van der Waals surface area contributed by atoms with Crippen LogP contribution in [0.4, 0.5) is 5.13 Å². The summed E-state index contributed by atoms with van der Waals surface area (Å²) in [5.41, 5.74) is 0.242. The Hall–Kier alpha value is -0.720. The fourth-order valence-electron chi connectivity index (χ4n) is 3.56. The molecule has 2 aliphatic heterocycles. The predicted octanol–water partition coefficient (Wildman–Crippen LogP) is 3.28. The average molecular weight is 339 g/mol. The third-order valence-corrected chi connectivity index (χ3v) is 5.79. The van der Waals surface area contributed by atoms with Crippen LogP contribution in [0.15, 0.2) is 0 Å². The Labute approximate surface area is 144 Å². The Bertz CT molecular complexity index is 499. The predicted molar refractivity (Wildman–Crippen MR) is 95.3 cm³/mol. The van der Waals surface area contributed by atoms with Crippen molar-refractivity contribution in [2.24, 2.45) is 0 Å². The van der Waals surface area contributed by atoms with E-state index in [9.17, 15) is 0 Å². The van der Waals surface area contributed by atoms with Gasteiger partial charge >= 0.3 is 0 Å². The quantitative estimate of drug-likeness (QED) is 0.913. The lowest BCUT2D eigenvalue weighted by molar-refractivity contribution is -0.0293. The van der Waals surface area contributed by atoms with Crippen LogP contribution in [0.3, 0.4) is 0 Å². The first kappa shape index (κ1) is 17.1. The van der Waals surface area contributed by atoms with E-state index in [4.69, 9.17) is 4.74 Å². The molecule has 0 amide bonds. The van der Waals surface area contributed by atoms with Gasteiger partial charge in [-0.25, -0.2) is 4.98 Å². The lowest BCUT2D eigenvalue weighted by atomic mass is 9.86. The van der Waals surface area contributed by atoms with Gasteiger partial charge in [-0.3, -0.25) is 4.90 Å². The first-order valence-electron chi connectivity index (χ1n) is 8.91. The van der Waals surface area contributed by atoms with E-state index in [1.54, 1.807) is 0 Å². The number of rotatable bonds is 4. The van der Waals surface area contributed by atoms with Gasteiger partial charge in [-0.1, -0.05) is 27.2 Å². The van der Waals surface area contributed by atoms with E-state index in [1.165, 1.54) is 43.9 Å². The van der Waals surface area contributed by atoms with Crippen LogP contribution in [0.5, 0.6) is 0 Å². The molecule has 0 aliphatic carbocycles. The highest BCUT2D eigenvalue weighted by molar-refractivity contribution is 7.09. The highest BCUT2D eigenvalue weighted by atomic mass is 32.1. The van der Waals surface area contributed by atoms with Crippen LogP contribution in [0, 0.1) is 0 Å². The number of hydrogen-bond donors (Lipinski definition) is 1. The Morgan fingerprint density at radius 3 is 2.48 bits per heavy atom. The van der Waals surface area contributed by atoms with Crippen molar-refractivity contribution in [1.29, 1.82) is 0 Å². The van der Waals surface area contributed by atoms with Crippen molar-refractivity contribution in [2.75, 3.05) is 38.2 Å². The van der Waals surface area contributed by atoms with Gasteiger partial charge in [0.25, 0.3) is 0 Å². The van der Waals surface area contributed by atoms with E-state index >= 15 is 0 Å². The molecule has 6 heteroatoms. The number of hydrogen-bond acceptors (Lipinski definition) is 6. The molecule has 3 rings (SSSR count). The van der Waals surface area contributed by atoms with Crippen molar-refractivity contribution in [2.45, 2.75) is 63.8 Å². The second-order valence-electron chi connectivity index (χ2n) is 7.91. The van der Waals surface area contributed by atoms with Crippen molar-refractivity contribution in [3.63, 3.8) is 0 Å². The minimum Gasteiger partial charge on any atom is -0.381 e. The molecule has 23 heavy (non-hydrogen) atoms. The maximum Gasteiger partial charge on any atom is 0.202 e. The highest BCUT2D eigenvalue weighted by Gasteiger charge is 2.39. The molecule has 130 valence electrons. The Morgan fingerprint density at radius 1 is 1.17 bits per heavy atom. The molecule has 0 unspecified atom stereocenters. The molecule has 2 aliphatic rings. The molecule has 1 aromatic rings. The van der Waals surface area contributed by atoms with E-state index in [0.29, 0.717) is 0 Å². The zero-order chi connectivity index (χ0) is 16.3. The fourth-order valence-corrected chi connectivity index (χ4v) is 4.32. The van der Waals surface area contributed by atoms with Gasteiger partial charge in [0.2, 0.25) is 5.13 Å². The van der Waals surface area contributed by atoms with Crippen LogP contribution < -0.4 is 5.32 Å². The van der Waals surface area contributed by atoms with Crippen molar-refractivity contribution in [1.82, 2.24) is 14.3 Å². The lowest BCUT2D eigenvalue weighted by Gasteiger charge is -2.48. The van der Waals surface area contributed by atoms with Gasteiger partial charge < -0.3 is 10.1 Å². The topological polar surface area (TPSA) is 50.3 Å². The standard InChI is InChI=1S/C17H30N4OS/c1-16(2,3)14-19-15(23-20-14)18-13-17(7-11-22-12-8-17)21-9-5-4-6-10-21/h4-13H2,1-3H3,(H,18,19,20). The van der Waals surface area contributed by atoms with Gasteiger partial charge in [-0.2, -0.15) is 4.37 Å². The summed E-state index contributed by atoms with van der Waals surface area (Å²) in [4.78, 5) is 7.39. The van der Waals surface area contributed by atoms with Crippen molar-refractivity contribution < 1.29 is 4.74 Å².